The fraction of sp³-hybridized carbons (Fsp3) is 0.222. The predicted octanol–water partition coefficient (Wildman–Crippen LogP) is 4.93. The Morgan fingerprint density at radius 2 is 1.55 bits per heavy atom. The fourth-order valence-corrected chi connectivity index (χ4v) is 2.77. The number of likely N-dealkylation sites (tertiary alicyclic amines) is 1. The summed E-state index contributed by atoms with van der Waals surface area (Å²) in [4.78, 5) is 2.48. The lowest BCUT2D eigenvalue weighted by atomic mass is 10.1. The number of benzene rings is 2. The van der Waals surface area contributed by atoms with Gasteiger partial charge < -0.3 is 4.90 Å². The summed E-state index contributed by atoms with van der Waals surface area (Å²) in [5.74, 6) is 0. The maximum absolute atomic E-state index is 5.96. The Kier molecular flexibility index (Phi) is 4.08. The normalized spacial score (nSPS) is 15.7. The van der Waals surface area contributed by atoms with Crippen LogP contribution >= 0.6 is 11.6 Å². The van der Waals surface area contributed by atoms with Crippen LogP contribution in [-0.2, 0) is 0 Å². The molecule has 1 nitrogen and oxygen atoms in total. The SMILES string of the molecule is Clc1ccc(C=C(c2ccccc2)N2CCCC2)cc1. The zero-order valence-electron chi connectivity index (χ0n) is 11.4. The van der Waals surface area contributed by atoms with Gasteiger partial charge in [0, 0.05) is 23.8 Å². The lowest BCUT2D eigenvalue weighted by molar-refractivity contribution is 0.495. The molecular weight excluding hydrogens is 266 g/mol. The highest BCUT2D eigenvalue weighted by molar-refractivity contribution is 6.30. The minimum absolute atomic E-state index is 0.782. The van der Waals surface area contributed by atoms with Gasteiger partial charge in [-0.15, -0.1) is 0 Å². The van der Waals surface area contributed by atoms with Crippen molar-refractivity contribution in [2.24, 2.45) is 0 Å². The van der Waals surface area contributed by atoms with Crippen molar-refractivity contribution in [1.82, 2.24) is 4.90 Å². The molecule has 102 valence electrons. The van der Waals surface area contributed by atoms with Crippen LogP contribution in [0.3, 0.4) is 0 Å². The van der Waals surface area contributed by atoms with Crippen molar-refractivity contribution in [2.75, 3.05) is 13.1 Å². The first kappa shape index (κ1) is 13.3. The van der Waals surface area contributed by atoms with Crippen molar-refractivity contribution in [3.63, 3.8) is 0 Å². The summed E-state index contributed by atoms with van der Waals surface area (Å²) >= 11 is 5.96. The average Bonchev–Trinajstić information content (AvgIpc) is 3.01. The highest BCUT2D eigenvalue weighted by Crippen LogP contribution is 2.26. The molecule has 1 aliphatic rings. The van der Waals surface area contributed by atoms with E-state index in [1.807, 2.05) is 12.1 Å². The minimum Gasteiger partial charge on any atom is -0.371 e. The van der Waals surface area contributed by atoms with E-state index in [1.54, 1.807) is 0 Å². The summed E-state index contributed by atoms with van der Waals surface area (Å²) in [6.45, 7) is 2.29. The number of nitrogens with zero attached hydrogens (tertiary/aromatic N) is 1. The van der Waals surface area contributed by atoms with Gasteiger partial charge in [0.15, 0.2) is 0 Å². The Labute approximate surface area is 125 Å². The first-order valence-corrected chi connectivity index (χ1v) is 7.48. The van der Waals surface area contributed by atoms with Crippen molar-refractivity contribution in [2.45, 2.75) is 12.8 Å². The molecule has 0 aliphatic carbocycles. The van der Waals surface area contributed by atoms with Crippen LogP contribution in [-0.4, -0.2) is 18.0 Å². The van der Waals surface area contributed by atoms with Gasteiger partial charge in [-0.2, -0.15) is 0 Å². The number of hydrogen-bond acceptors (Lipinski definition) is 1. The molecule has 0 atom stereocenters. The molecule has 0 bridgehead atoms. The van der Waals surface area contributed by atoms with Crippen LogP contribution in [0.4, 0.5) is 0 Å². The summed E-state index contributed by atoms with van der Waals surface area (Å²) < 4.78 is 0. The van der Waals surface area contributed by atoms with E-state index in [0.717, 1.165) is 18.1 Å². The Balaban J connectivity index is 1.98. The quantitative estimate of drug-likeness (QED) is 0.722. The maximum atomic E-state index is 5.96. The first-order chi connectivity index (χ1) is 9.83. The van der Waals surface area contributed by atoms with E-state index < -0.39 is 0 Å². The third-order valence-corrected chi connectivity index (χ3v) is 3.94. The summed E-state index contributed by atoms with van der Waals surface area (Å²) in [5.41, 5.74) is 3.79. The molecule has 2 heteroatoms. The fourth-order valence-electron chi connectivity index (χ4n) is 2.64. The molecule has 1 fully saturated rings. The Morgan fingerprint density at radius 1 is 0.900 bits per heavy atom. The van der Waals surface area contributed by atoms with Gasteiger partial charge in [0.05, 0.1) is 0 Å². The Hall–Kier alpha value is -1.73. The Bertz CT molecular complexity index is 581. The van der Waals surface area contributed by atoms with Crippen molar-refractivity contribution >= 4 is 23.4 Å². The second-order valence-corrected chi connectivity index (χ2v) is 5.58. The number of halogens is 1. The second-order valence-electron chi connectivity index (χ2n) is 5.14. The standard InChI is InChI=1S/C18H18ClN/c19-17-10-8-15(9-11-17)14-18(20-12-4-5-13-20)16-6-2-1-3-7-16/h1-3,6-11,14H,4-5,12-13H2. The lowest BCUT2D eigenvalue weighted by Crippen LogP contribution is -2.17. The van der Waals surface area contributed by atoms with Crippen molar-refractivity contribution in [1.29, 1.82) is 0 Å². The van der Waals surface area contributed by atoms with Gasteiger partial charge >= 0.3 is 0 Å². The highest BCUT2D eigenvalue weighted by atomic mass is 35.5. The maximum Gasteiger partial charge on any atom is 0.0445 e. The Morgan fingerprint density at radius 3 is 2.20 bits per heavy atom. The first-order valence-electron chi connectivity index (χ1n) is 7.10. The van der Waals surface area contributed by atoms with E-state index >= 15 is 0 Å². The molecule has 1 aliphatic heterocycles. The van der Waals surface area contributed by atoms with Crippen LogP contribution < -0.4 is 0 Å². The van der Waals surface area contributed by atoms with Gasteiger partial charge in [-0.3, -0.25) is 0 Å². The van der Waals surface area contributed by atoms with Crippen LogP contribution in [0.15, 0.2) is 54.6 Å². The van der Waals surface area contributed by atoms with E-state index in [1.165, 1.54) is 29.7 Å². The van der Waals surface area contributed by atoms with E-state index in [2.05, 4.69) is 53.4 Å². The van der Waals surface area contributed by atoms with Gasteiger partial charge in [-0.1, -0.05) is 54.1 Å². The van der Waals surface area contributed by atoms with Gasteiger partial charge in [-0.05, 0) is 42.2 Å². The molecule has 3 rings (SSSR count). The summed E-state index contributed by atoms with van der Waals surface area (Å²) in [5, 5.41) is 0.782. The molecular formula is C18H18ClN. The van der Waals surface area contributed by atoms with Gasteiger partial charge in [0.25, 0.3) is 0 Å². The van der Waals surface area contributed by atoms with Gasteiger partial charge in [0.1, 0.15) is 0 Å². The molecule has 0 aromatic heterocycles. The molecule has 2 aromatic carbocycles. The summed E-state index contributed by atoms with van der Waals surface area (Å²) in [6, 6.07) is 18.7. The summed E-state index contributed by atoms with van der Waals surface area (Å²) in [6.07, 6.45) is 4.83. The monoisotopic (exact) mass is 283 g/mol. The molecule has 0 amide bonds. The largest absolute Gasteiger partial charge is 0.371 e. The molecule has 0 unspecified atom stereocenters. The van der Waals surface area contributed by atoms with Crippen LogP contribution in [0, 0.1) is 0 Å². The van der Waals surface area contributed by atoms with E-state index in [-0.39, 0.29) is 0 Å². The van der Waals surface area contributed by atoms with E-state index in [9.17, 15) is 0 Å². The van der Waals surface area contributed by atoms with Gasteiger partial charge in [-0.25, -0.2) is 0 Å². The van der Waals surface area contributed by atoms with Crippen molar-refractivity contribution < 1.29 is 0 Å². The number of hydrogen-bond donors (Lipinski definition) is 0. The molecule has 2 aromatic rings. The average molecular weight is 284 g/mol. The molecule has 20 heavy (non-hydrogen) atoms. The van der Waals surface area contributed by atoms with Crippen molar-refractivity contribution in [3.05, 3.63) is 70.7 Å². The second kappa shape index (κ2) is 6.15. The lowest BCUT2D eigenvalue weighted by Gasteiger charge is -2.22. The van der Waals surface area contributed by atoms with E-state index in [4.69, 9.17) is 11.6 Å². The van der Waals surface area contributed by atoms with Gasteiger partial charge in [0.2, 0.25) is 0 Å². The molecule has 0 spiro atoms. The highest BCUT2D eigenvalue weighted by Gasteiger charge is 2.16. The zero-order chi connectivity index (χ0) is 13.8. The van der Waals surface area contributed by atoms with Crippen LogP contribution in [0.25, 0.3) is 11.8 Å². The van der Waals surface area contributed by atoms with Crippen LogP contribution in [0.2, 0.25) is 5.02 Å². The predicted molar refractivity (Wildman–Crippen MR) is 86.6 cm³/mol. The number of rotatable bonds is 3. The third kappa shape index (κ3) is 3.05. The molecule has 0 saturated carbocycles. The summed E-state index contributed by atoms with van der Waals surface area (Å²) in [7, 11) is 0. The smallest absolute Gasteiger partial charge is 0.0445 e. The molecule has 0 N–H and O–H groups in total. The van der Waals surface area contributed by atoms with Crippen LogP contribution in [0.1, 0.15) is 24.0 Å². The minimum atomic E-state index is 0.782. The van der Waals surface area contributed by atoms with E-state index in [0.29, 0.717) is 0 Å². The molecule has 1 saturated heterocycles. The zero-order valence-corrected chi connectivity index (χ0v) is 12.2. The molecule has 1 heterocycles. The molecule has 0 radical (unpaired) electrons. The van der Waals surface area contributed by atoms with Crippen molar-refractivity contribution in [3.8, 4) is 0 Å². The third-order valence-electron chi connectivity index (χ3n) is 3.69. The topological polar surface area (TPSA) is 3.24 Å². The van der Waals surface area contributed by atoms with Crippen LogP contribution in [0.5, 0.6) is 0 Å².